The molecule has 0 radical (unpaired) electrons. The second kappa shape index (κ2) is 11.5. The number of rotatable bonds is 11. The molecule has 0 atom stereocenters. The van der Waals surface area contributed by atoms with Gasteiger partial charge in [0.05, 0.1) is 25.5 Å². The molecule has 6 rings (SSSR count). The van der Waals surface area contributed by atoms with Gasteiger partial charge in [-0.3, -0.25) is 0 Å². The molecule has 0 bridgehead atoms. The van der Waals surface area contributed by atoms with Crippen molar-refractivity contribution in [3.8, 4) is 22.5 Å². The summed E-state index contributed by atoms with van der Waals surface area (Å²) in [6.07, 6.45) is 16.3. The van der Waals surface area contributed by atoms with Crippen LogP contribution in [0.25, 0.3) is 33.8 Å². The largest absolute Gasteiger partial charge is 0.286 e. The molecule has 4 nitrogen and oxygen atoms in total. The Bertz CT molecular complexity index is 1490. The summed E-state index contributed by atoms with van der Waals surface area (Å²) in [4.78, 5) is 0. The summed E-state index contributed by atoms with van der Waals surface area (Å²) in [5.74, 6) is 0. The van der Waals surface area contributed by atoms with Gasteiger partial charge in [0.15, 0.2) is 11.4 Å². The number of aromatic nitrogens is 4. The van der Waals surface area contributed by atoms with Crippen molar-refractivity contribution >= 4 is 11.3 Å². The fourth-order valence-corrected chi connectivity index (χ4v) is 5.62. The normalized spacial score (nSPS) is 11.5. The lowest BCUT2D eigenvalue weighted by atomic mass is 10.1. The molecule has 2 aromatic carbocycles. The van der Waals surface area contributed by atoms with Crippen LogP contribution in [0.2, 0.25) is 0 Å². The Labute approximate surface area is 225 Å². The van der Waals surface area contributed by atoms with Crippen LogP contribution < -0.4 is 8.80 Å². The Hall–Kier alpha value is -4.18. The van der Waals surface area contributed by atoms with Crippen LogP contribution in [0.5, 0.6) is 0 Å². The summed E-state index contributed by atoms with van der Waals surface area (Å²) in [6, 6.07) is 34.4. The highest BCUT2D eigenvalue weighted by Gasteiger charge is 2.19. The lowest BCUT2D eigenvalue weighted by Gasteiger charge is -2.05. The minimum absolute atomic E-state index is 1.05. The minimum Gasteiger partial charge on any atom is -0.223 e. The van der Waals surface area contributed by atoms with Crippen LogP contribution in [0.3, 0.4) is 0 Å². The SMILES string of the molecule is c1ccc(-c2c[n+]3ccccc3n2CCCCCCCCn2c(-c3ccccc3)c[n+]3ccccc23)cc1. The number of fused-ring (bicyclic) bond motifs is 2. The summed E-state index contributed by atoms with van der Waals surface area (Å²) in [5.41, 5.74) is 7.67. The summed E-state index contributed by atoms with van der Waals surface area (Å²) >= 11 is 0. The van der Waals surface area contributed by atoms with E-state index in [1.165, 1.54) is 72.3 Å². The van der Waals surface area contributed by atoms with Gasteiger partial charge in [-0.25, -0.2) is 17.9 Å². The zero-order valence-corrected chi connectivity index (χ0v) is 22.0. The van der Waals surface area contributed by atoms with E-state index in [0.29, 0.717) is 0 Å². The van der Waals surface area contributed by atoms with Crippen LogP contribution in [-0.2, 0) is 13.1 Å². The third-order valence-corrected chi connectivity index (χ3v) is 7.55. The van der Waals surface area contributed by atoms with Gasteiger partial charge >= 0.3 is 0 Å². The van der Waals surface area contributed by atoms with Crippen molar-refractivity contribution in [2.24, 2.45) is 0 Å². The molecule has 0 fully saturated rings. The van der Waals surface area contributed by atoms with E-state index in [2.05, 4.69) is 140 Å². The average Bonchev–Trinajstić information content (AvgIpc) is 3.54. The van der Waals surface area contributed by atoms with E-state index in [1.807, 2.05) is 0 Å². The van der Waals surface area contributed by atoms with Gasteiger partial charge in [0, 0.05) is 23.3 Å². The second-order valence-electron chi connectivity index (χ2n) is 10.1. The summed E-state index contributed by atoms with van der Waals surface area (Å²) in [5, 5.41) is 0. The van der Waals surface area contributed by atoms with E-state index in [9.17, 15) is 0 Å². The first-order valence-electron chi connectivity index (χ1n) is 14.0. The quantitative estimate of drug-likeness (QED) is 0.133. The molecule has 4 heteroatoms. The van der Waals surface area contributed by atoms with Crippen molar-refractivity contribution in [1.82, 2.24) is 9.13 Å². The van der Waals surface area contributed by atoms with E-state index in [0.717, 1.165) is 13.1 Å². The number of hydrogen-bond donors (Lipinski definition) is 0. The Balaban J connectivity index is 1.03. The van der Waals surface area contributed by atoms with Gasteiger partial charge in [-0.2, -0.15) is 0 Å². The molecular formula is C34H36N4+2. The molecule has 0 spiro atoms. The van der Waals surface area contributed by atoms with Gasteiger partial charge in [0.25, 0.3) is 11.3 Å². The van der Waals surface area contributed by atoms with Crippen molar-refractivity contribution in [3.05, 3.63) is 122 Å². The van der Waals surface area contributed by atoms with E-state index in [-0.39, 0.29) is 0 Å². The Morgan fingerprint density at radius 2 is 0.816 bits per heavy atom. The van der Waals surface area contributed by atoms with Gasteiger partial charge in [0.2, 0.25) is 0 Å². The number of imidazole rings is 2. The number of hydrogen-bond acceptors (Lipinski definition) is 0. The number of benzene rings is 2. The molecule has 6 aromatic rings. The number of aryl methyl sites for hydroxylation is 2. The average molecular weight is 501 g/mol. The van der Waals surface area contributed by atoms with Crippen molar-refractivity contribution in [2.45, 2.75) is 51.6 Å². The number of nitrogens with zero attached hydrogens (tertiary/aromatic N) is 4. The van der Waals surface area contributed by atoms with Gasteiger partial charge in [-0.05, 0) is 37.8 Å². The summed E-state index contributed by atoms with van der Waals surface area (Å²) < 4.78 is 9.45. The van der Waals surface area contributed by atoms with E-state index in [1.54, 1.807) is 0 Å². The molecule has 0 aliphatic carbocycles. The number of pyridine rings is 2. The van der Waals surface area contributed by atoms with E-state index >= 15 is 0 Å². The molecule has 190 valence electrons. The molecule has 0 saturated heterocycles. The molecule has 0 amide bonds. The van der Waals surface area contributed by atoms with Gasteiger partial charge < -0.3 is 0 Å². The highest BCUT2D eigenvalue weighted by atomic mass is 15.1. The molecular weight excluding hydrogens is 464 g/mol. The van der Waals surface area contributed by atoms with Crippen LogP contribution >= 0.6 is 0 Å². The maximum atomic E-state index is 2.48. The number of unbranched alkanes of at least 4 members (excludes halogenated alkanes) is 5. The molecule has 38 heavy (non-hydrogen) atoms. The first-order valence-corrected chi connectivity index (χ1v) is 14.0. The third kappa shape index (κ3) is 5.12. The summed E-state index contributed by atoms with van der Waals surface area (Å²) in [6.45, 7) is 2.11. The first kappa shape index (κ1) is 24.2. The molecule has 4 aromatic heterocycles. The maximum absolute atomic E-state index is 2.48. The standard InChI is InChI=1S/C34H36N4/c1(3-13-25-37-31(29-17-7-5-8-18-29)27-35-23-15-11-21-33(35)37)2-4-14-26-38-32(30-19-9-6-10-20-30)28-36-24-16-12-22-34(36)38/h5-12,15-24,27-28H,1-4,13-14,25-26H2/q+2. The van der Waals surface area contributed by atoms with Gasteiger partial charge in [0.1, 0.15) is 12.4 Å². The fraction of sp³-hybridized carbons (Fsp3) is 0.235. The monoisotopic (exact) mass is 500 g/mol. The fourth-order valence-electron chi connectivity index (χ4n) is 5.62. The Kier molecular flexibility index (Phi) is 7.30. The van der Waals surface area contributed by atoms with Crippen LogP contribution in [-0.4, -0.2) is 9.13 Å². The highest BCUT2D eigenvalue weighted by molar-refractivity contribution is 5.62. The van der Waals surface area contributed by atoms with Crippen LogP contribution in [0, 0.1) is 0 Å². The first-order chi connectivity index (χ1) is 18.9. The molecule has 0 saturated carbocycles. The van der Waals surface area contributed by atoms with Crippen LogP contribution in [0.4, 0.5) is 0 Å². The second-order valence-corrected chi connectivity index (χ2v) is 10.1. The van der Waals surface area contributed by atoms with Crippen LogP contribution in [0.15, 0.2) is 122 Å². The zero-order valence-electron chi connectivity index (χ0n) is 22.0. The van der Waals surface area contributed by atoms with Gasteiger partial charge in [-0.15, -0.1) is 0 Å². The smallest absolute Gasteiger partial charge is 0.223 e. The Morgan fingerprint density at radius 1 is 0.421 bits per heavy atom. The van der Waals surface area contributed by atoms with E-state index < -0.39 is 0 Å². The van der Waals surface area contributed by atoms with Gasteiger partial charge in [-0.1, -0.05) is 85.6 Å². The molecule has 0 aliphatic heterocycles. The molecule has 4 heterocycles. The van der Waals surface area contributed by atoms with Crippen molar-refractivity contribution in [1.29, 1.82) is 0 Å². The summed E-state index contributed by atoms with van der Waals surface area (Å²) in [7, 11) is 0. The van der Waals surface area contributed by atoms with Crippen molar-refractivity contribution < 1.29 is 8.80 Å². The zero-order chi connectivity index (χ0) is 25.6. The lowest BCUT2D eigenvalue weighted by Crippen LogP contribution is -2.18. The predicted octanol–water partition coefficient (Wildman–Crippen LogP) is 7.14. The molecule has 0 unspecified atom stereocenters. The maximum Gasteiger partial charge on any atom is 0.286 e. The molecule has 0 N–H and O–H groups in total. The van der Waals surface area contributed by atoms with Crippen molar-refractivity contribution in [2.75, 3.05) is 0 Å². The highest BCUT2D eigenvalue weighted by Crippen LogP contribution is 2.23. The van der Waals surface area contributed by atoms with E-state index in [4.69, 9.17) is 0 Å². The third-order valence-electron chi connectivity index (χ3n) is 7.55. The lowest BCUT2D eigenvalue weighted by molar-refractivity contribution is -0.510. The predicted molar refractivity (Wildman–Crippen MR) is 154 cm³/mol. The van der Waals surface area contributed by atoms with Crippen LogP contribution in [0.1, 0.15) is 38.5 Å². The molecule has 0 aliphatic rings. The topological polar surface area (TPSA) is 18.1 Å². The van der Waals surface area contributed by atoms with Crippen molar-refractivity contribution in [3.63, 3.8) is 0 Å². The minimum atomic E-state index is 1.05. The Morgan fingerprint density at radius 3 is 1.26 bits per heavy atom.